The highest BCUT2D eigenvalue weighted by Crippen LogP contribution is 2.92. The average molecular weight is 389 g/mol. The topological polar surface area (TPSA) is 35.5 Å². The fraction of sp³-hybridized carbons (Fsp3) is 0.957. The van der Waals surface area contributed by atoms with Crippen molar-refractivity contribution in [2.45, 2.75) is 89.8 Å². The van der Waals surface area contributed by atoms with Gasteiger partial charge in [0.2, 0.25) is 0 Å². The summed E-state index contributed by atoms with van der Waals surface area (Å²) in [7, 11) is -1.20. The first-order chi connectivity index (χ1) is 12.6. The maximum Gasteiger partial charge on any atom is 0.168 e. The van der Waals surface area contributed by atoms with Crippen LogP contribution in [0.25, 0.3) is 0 Å². The highest BCUT2D eigenvalue weighted by atomic mass is 28.3. The second kappa shape index (κ2) is 4.75. The molecule has 7 aliphatic rings. The zero-order valence-corrected chi connectivity index (χ0v) is 18.7. The van der Waals surface area contributed by atoms with Crippen LogP contribution in [0, 0.1) is 33.5 Å². The van der Waals surface area contributed by atoms with Crippen LogP contribution in [0.15, 0.2) is 0 Å². The predicted molar refractivity (Wildman–Crippen MR) is 107 cm³/mol. The fourth-order valence-electron chi connectivity index (χ4n) is 10.2. The van der Waals surface area contributed by atoms with E-state index in [-0.39, 0.29) is 11.2 Å². The molecule has 7 rings (SSSR count). The van der Waals surface area contributed by atoms with E-state index in [1.54, 1.807) is 0 Å². The monoisotopic (exact) mass is 388 g/mol. The van der Waals surface area contributed by atoms with E-state index < -0.39 is 8.07 Å². The number of carbonyl (C=O) groups excluding carboxylic acids is 1. The number of hydrogen-bond acceptors (Lipinski definition) is 3. The van der Waals surface area contributed by atoms with E-state index in [9.17, 15) is 4.79 Å². The van der Waals surface area contributed by atoms with Gasteiger partial charge in [0.05, 0.1) is 13.2 Å². The van der Waals surface area contributed by atoms with Crippen molar-refractivity contribution in [3.8, 4) is 0 Å². The van der Waals surface area contributed by atoms with Gasteiger partial charge < -0.3 is 9.47 Å². The first kappa shape index (κ1) is 17.6. The standard InChI is InChI=1S/C23H36O3Si/c1-19-7-10-22(25-11-12-26-22)13-16(19)5-6-23-18(24)17-14-21(19,23)9-8-20(17,23)15-27(2,3)4/h16-17H,5-15H2,1-4H3/t16-,17?,19+,20?,21?,23?/m1/s1. The predicted octanol–water partition coefficient (Wildman–Crippen LogP) is 5.02. The van der Waals surface area contributed by atoms with Gasteiger partial charge >= 0.3 is 0 Å². The van der Waals surface area contributed by atoms with E-state index in [1.807, 2.05) is 0 Å². The molecule has 2 spiro atoms. The number of hydrogen-bond donors (Lipinski definition) is 0. The Morgan fingerprint density at radius 3 is 2.44 bits per heavy atom. The van der Waals surface area contributed by atoms with Gasteiger partial charge in [0.25, 0.3) is 0 Å². The third kappa shape index (κ3) is 1.66. The Hall–Kier alpha value is -0.193. The van der Waals surface area contributed by atoms with Crippen molar-refractivity contribution in [3.05, 3.63) is 0 Å². The molecule has 27 heavy (non-hydrogen) atoms. The molecule has 150 valence electrons. The lowest BCUT2D eigenvalue weighted by Gasteiger charge is -2.66. The fourth-order valence-corrected chi connectivity index (χ4v) is 12.8. The molecule has 6 aliphatic carbocycles. The smallest absolute Gasteiger partial charge is 0.168 e. The first-order valence-electron chi connectivity index (χ1n) is 11.5. The molecule has 1 saturated heterocycles. The SMILES string of the molecule is C[C@]12CCC3(C[C@H]1CCC14C(=O)C5CC12CCC54C[Si](C)(C)C)OCCO3. The summed E-state index contributed by atoms with van der Waals surface area (Å²) in [5, 5.41) is 0. The van der Waals surface area contributed by atoms with Gasteiger partial charge in [-0.2, -0.15) is 0 Å². The molecule has 0 N–H and O–H groups in total. The molecule has 6 atom stereocenters. The molecule has 0 radical (unpaired) electrons. The molecular formula is C23H36O3Si. The molecule has 6 saturated carbocycles. The maximum absolute atomic E-state index is 13.6. The van der Waals surface area contributed by atoms with E-state index >= 15 is 0 Å². The quantitative estimate of drug-likeness (QED) is 0.623. The summed E-state index contributed by atoms with van der Waals surface area (Å²) in [6.07, 6.45) is 9.58. The molecule has 0 aromatic carbocycles. The van der Waals surface area contributed by atoms with E-state index in [4.69, 9.17) is 9.47 Å². The second-order valence-electron chi connectivity index (χ2n) is 12.5. The van der Waals surface area contributed by atoms with Crippen molar-refractivity contribution in [3.63, 3.8) is 0 Å². The van der Waals surface area contributed by atoms with Crippen LogP contribution in [0.4, 0.5) is 0 Å². The van der Waals surface area contributed by atoms with Crippen molar-refractivity contribution in [2.75, 3.05) is 13.2 Å². The van der Waals surface area contributed by atoms with E-state index in [0.29, 0.717) is 33.9 Å². The summed E-state index contributed by atoms with van der Waals surface area (Å²) in [6.45, 7) is 11.7. The highest BCUT2D eigenvalue weighted by Gasteiger charge is 2.91. The van der Waals surface area contributed by atoms with Crippen molar-refractivity contribution < 1.29 is 14.3 Å². The first-order valence-corrected chi connectivity index (χ1v) is 15.2. The van der Waals surface area contributed by atoms with Crippen LogP contribution in [0.2, 0.25) is 25.7 Å². The van der Waals surface area contributed by atoms with Crippen molar-refractivity contribution in [2.24, 2.45) is 33.5 Å². The summed E-state index contributed by atoms with van der Waals surface area (Å²) < 4.78 is 12.2. The van der Waals surface area contributed by atoms with Gasteiger partial charge in [-0.15, -0.1) is 0 Å². The van der Waals surface area contributed by atoms with Crippen LogP contribution in [0.1, 0.15) is 58.3 Å². The van der Waals surface area contributed by atoms with E-state index in [0.717, 1.165) is 26.1 Å². The van der Waals surface area contributed by atoms with Crippen LogP contribution in [0.3, 0.4) is 0 Å². The highest BCUT2D eigenvalue weighted by molar-refractivity contribution is 6.76. The minimum atomic E-state index is -1.20. The summed E-state index contributed by atoms with van der Waals surface area (Å²) in [4.78, 5) is 13.6. The zero-order chi connectivity index (χ0) is 18.9. The van der Waals surface area contributed by atoms with Gasteiger partial charge in [0.1, 0.15) is 5.78 Å². The molecule has 7 fully saturated rings. The average Bonchev–Trinajstić information content (AvgIpc) is 3.28. The third-order valence-corrected chi connectivity index (χ3v) is 12.4. The number of fused-ring (bicyclic) bond motifs is 1. The largest absolute Gasteiger partial charge is 0.348 e. The van der Waals surface area contributed by atoms with Crippen LogP contribution in [-0.4, -0.2) is 32.9 Å². The van der Waals surface area contributed by atoms with Gasteiger partial charge in [-0.05, 0) is 60.7 Å². The molecule has 4 unspecified atom stereocenters. The Balaban J connectivity index is 1.42. The van der Waals surface area contributed by atoms with Gasteiger partial charge in [-0.25, -0.2) is 0 Å². The molecule has 1 heterocycles. The molecule has 0 aromatic heterocycles. The van der Waals surface area contributed by atoms with Gasteiger partial charge in [-0.1, -0.05) is 32.6 Å². The Kier molecular flexibility index (Phi) is 3.11. The third-order valence-electron chi connectivity index (χ3n) is 10.7. The van der Waals surface area contributed by atoms with Gasteiger partial charge in [0.15, 0.2) is 5.79 Å². The number of Topliss-reactive ketones (excluding diaryl/α,β-unsaturated/α-hetero) is 1. The van der Waals surface area contributed by atoms with E-state index in [2.05, 4.69) is 26.6 Å². The van der Waals surface area contributed by atoms with Crippen LogP contribution < -0.4 is 0 Å². The summed E-state index contributed by atoms with van der Waals surface area (Å²) in [5.41, 5.74) is 1.05. The van der Waals surface area contributed by atoms with Crippen molar-refractivity contribution >= 4 is 13.9 Å². The Bertz CT molecular complexity index is 722. The maximum atomic E-state index is 13.6. The molecule has 4 bridgehead atoms. The van der Waals surface area contributed by atoms with Gasteiger partial charge in [-0.3, -0.25) is 4.79 Å². The Morgan fingerprint density at radius 1 is 1.00 bits per heavy atom. The Morgan fingerprint density at radius 2 is 1.74 bits per heavy atom. The lowest BCUT2D eigenvalue weighted by molar-refractivity contribution is -0.245. The van der Waals surface area contributed by atoms with Crippen LogP contribution >= 0.6 is 0 Å². The van der Waals surface area contributed by atoms with E-state index in [1.165, 1.54) is 44.6 Å². The number of carbonyl (C=O) groups is 1. The molecule has 1 aliphatic heterocycles. The molecule has 4 heteroatoms. The molecule has 0 amide bonds. The lowest BCUT2D eigenvalue weighted by Crippen LogP contribution is -2.67. The number of ether oxygens (including phenoxy) is 2. The number of rotatable bonds is 2. The van der Waals surface area contributed by atoms with Crippen molar-refractivity contribution in [1.29, 1.82) is 0 Å². The minimum Gasteiger partial charge on any atom is -0.348 e. The molecular weight excluding hydrogens is 352 g/mol. The normalized spacial score (nSPS) is 54.7. The van der Waals surface area contributed by atoms with Crippen molar-refractivity contribution in [1.82, 2.24) is 0 Å². The summed E-state index contributed by atoms with van der Waals surface area (Å²) in [6, 6.07) is 1.38. The van der Waals surface area contributed by atoms with Gasteiger partial charge in [0, 0.05) is 32.2 Å². The Labute approximate surface area is 165 Å². The van der Waals surface area contributed by atoms with Crippen LogP contribution in [0.5, 0.6) is 0 Å². The number of ketones is 1. The molecule has 3 nitrogen and oxygen atoms in total. The summed E-state index contributed by atoms with van der Waals surface area (Å²) >= 11 is 0. The molecule has 0 aromatic rings. The summed E-state index contributed by atoms with van der Waals surface area (Å²) in [5.74, 6) is 1.49. The van der Waals surface area contributed by atoms with Crippen LogP contribution in [-0.2, 0) is 14.3 Å². The second-order valence-corrected chi connectivity index (χ2v) is 17.9. The minimum absolute atomic E-state index is 0.0537. The zero-order valence-electron chi connectivity index (χ0n) is 17.7. The lowest BCUT2D eigenvalue weighted by atomic mass is 9.37.